The van der Waals surface area contributed by atoms with Crippen LogP contribution in [0.2, 0.25) is 0 Å². The third-order valence-electron chi connectivity index (χ3n) is 1.12. The van der Waals surface area contributed by atoms with Gasteiger partial charge in [0.25, 0.3) is 0 Å². The minimum atomic E-state index is 0.430. The van der Waals surface area contributed by atoms with Crippen LogP contribution in [-0.2, 0) is 0 Å². The summed E-state index contributed by atoms with van der Waals surface area (Å²) < 4.78 is 1.06. The van der Waals surface area contributed by atoms with Crippen molar-refractivity contribution in [3.05, 3.63) is 24.3 Å². The van der Waals surface area contributed by atoms with Gasteiger partial charge in [0.05, 0.1) is 0 Å². The molecular weight excluding hydrogens is 111 g/mol. The average molecular weight is 116 g/mol. The standard InChI is InChI=1S/C6H5O.Na/c7-6-4-2-1-3-5-6;/h1-4,7H;. The molecule has 1 aromatic rings. The molecule has 36 valence electrons. The molecule has 2 heteroatoms. The molecule has 0 bridgehead atoms. The van der Waals surface area contributed by atoms with E-state index in [9.17, 15) is 0 Å². The fourth-order valence-electron chi connectivity index (χ4n) is 0.563. The van der Waals surface area contributed by atoms with E-state index in [2.05, 4.69) is 0 Å². The monoisotopic (exact) mass is 116 g/mol. The van der Waals surface area contributed by atoms with E-state index in [0.29, 0.717) is 5.75 Å². The molecule has 1 nitrogen and oxygen atoms in total. The first kappa shape index (κ1) is 6.14. The number of phenolic OH excluding ortho intramolecular Hbond substituents is 1. The summed E-state index contributed by atoms with van der Waals surface area (Å²) in [5.74, 6) is 0.430. The first-order chi connectivity index (χ1) is 3.80. The summed E-state index contributed by atoms with van der Waals surface area (Å²) in [5.41, 5.74) is 0. The van der Waals surface area contributed by atoms with Gasteiger partial charge in [-0.1, -0.05) is 0 Å². The van der Waals surface area contributed by atoms with E-state index < -0.39 is 0 Å². The van der Waals surface area contributed by atoms with Crippen molar-refractivity contribution in [3.8, 4) is 5.75 Å². The van der Waals surface area contributed by atoms with Crippen molar-refractivity contribution in [2.24, 2.45) is 0 Å². The van der Waals surface area contributed by atoms with Crippen molar-refractivity contribution < 1.29 is 5.11 Å². The Morgan fingerprint density at radius 2 is 1.88 bits per heavy atom. The van der Waals surface area contributed by atoms with Gasteiger partial charge in [-0.2, -0.15) is 0 Å². The van der Waals surface area contributed by atoms with Gasteiger partial charge in [-0.25, -0.2) is 0 Å². The predicted octanol–water partition coefficient (Wildman–Crippen LogP) is 0.186. The van der Waals surface area contributed by atoms with Crippen LogP contribution < -0.4 is 2.81 Å². The Kier molecular flexibility index (Phi) is 1.95. The second-order valence-electron chi connectivity index (χ2n) is 1.79. The number of para-hydroxylation sites is 1. The van der Waals surface area contributed by atoms with Crippen LogP contribution in [0, 0.1) is 0 Å². The summed E-state index contributed by atoms with van der Waals surface area (Å²) in [6, 6.07) is 7.41. The number of aromatic hydroxyl groups is 1. The van der Waals surface area contributed by atoms with Gasteiger partial charge in [-0.05, 0) is 0 Å². The van der Waals surface area contributed by atoms with Crippen LogP contribution in [-0.4, -0.2) is 33.0 Å². The molecule has 0 atom stereocenters. The first-order valence-electron chi connectivity index (χ1n) is 2.55. The molecule has 0 aliphatic carbocycles. The topological polar surface area (TPSA) is 20.2 Å². The van der Waals surface area contributed by atoms with E-state index in [0.717, 1.165) is 30.7 Å². The van der Waals surface area contributed by atoms with Crippen LogP contribution in [0.15, 0.2) is 24.3 Å². The summed E-state index contributed by atoms with van der Waals surface area (Å²) in [6.45, 7) is 0. The first-order valence-corrected chi connectivity index (χ1v) is 3.55. The Hall–Kier alpha value is 0.0200. The van der Waals surface area contributed by atoms with Crippen molar-refractivity contribution >= 4 is 30.7 Å². The molecular formula is C6H5NaO. The predicted molar refractivity (Wildman–Crippen MR) is 33.5 cm³/mol. The molecule has 0 spiro atoms. The summed E-state index contributed by atoms with van der Waals surface area (Å²) in [7, 11) is 0. The quantitative estimate of drug-likeness (QED) is 0.479. The van der Waals surface area contributed by atoms with E-state index in [1.807, 2.05) is 18.2 Å². The van der Waals surface area contributed by atoms with Crippen LogP contribution in [0.25, 0.3) is 0 Å². The van der Waals surface area contributed by atoms with Crippen molar-refractivity contribution in [2.45, 2.75) is 0 Å². The number of benzene rings is 1. The molecule has 0 saturated heterocycles. The summed E-state index contributed by atoms with van der Waals surface area (Å²) in [5, 5.41) is 8.95. The van der Waals surface area contributed by atoms with E-state index in [1.54, 1.807) is 6.07 Å². The van der Waals surface area contributed by atoms with Gasteiger partial charge in [-0.15, -0.1) is 0 Å². The molecule has 0 saturated carbocycles. The van der Waals surface area contributed by atoms with Gasteiger partial charge < -0.3 is 0 Å². The van der Waals surface area contributed by atoms with Crippen LogP contribution in [0.5, 0.6) is 5.75 Å². The molecule has 1 rings (SSSR count). The normalized spacial score (nSPS) is 9.25. The Labute approximate surface area is 65.8 Å². The molecule has 0 unspecified atom stereocenters. The molecule has 0 aliphatic heterocycles. The summed E-state index contributed by atoms with van der Waals surface area (Å²) in [4.78, 5) is 0. The zero-order valence-corrected chi connectivity index (χ0v) is 6.76. The second-order valence-corrected chi connectivity index (χ2v) is 2.86. The third-order valence-corrected chi connectivity index (χ3v) is 1.96. The van der Waals surface area contributed by atoms with Gasteiger partial charge in [0.1, 0.15) is 0 Å². The molecule has 0 fully saturated rings. The summed E-state index contributed by atoms with van der Waals surface area (Å²) >= 11 is 0.926. The van der Waals surface area contributed by atoms with E-state index >= 15 is 0 Å². The van der Waals surface area contributed by atoms with E-state index in [-0.39, 0.29) is 0 Å². The zero-order valence-electron chi connectivity index (χ0n) is 4.76. The van der Waals surface area contributed by atoms with Crippen molar-refractivity contribution in [1.82, 2.24) is 0 Å². The molecule has 0 radical (unpaired) electrons. The molecule has 8 heavy (non-hydrogen) atoms. The van der Waals surface area contributed by atoms with Crippen LogP contribution in [0.4, 0.5) is 0 Å². The summed E-state index contributed by atoms with van der Waals surface area (Å²) in [6.07, 6.45) is 0. The number of hydrogen-bond acceptors (Lipinski definition) is 1. The van der Waals surface area contributed by atoms with Gasteiger partial charge >= 0.3 is 65.9 Å². The van der Waals surface area contributed by atoms with Gasteiger partial charge in [0.2, 0.25) is 0 Å². The molecule has 0 aromatic heterocycles. The van der Waals surface area contributed by atoms with Gasteiger partial charge in [-0.3, -0.25) is 0 Å². The molecule has 0 aliphatic rings. The van der Waals surface area contributed by atoms with Gasteiger partial charge in [0, 0.05) is 0 Å². The van der Waals surface area contributed by atoms with Crippen LogP contribution in [0.1, 0.15) is 0 Å². The molecule has 0 amide bonds. The fraction of sp³-hybridized carbons (Fsp3) is 0. The Morgan fingerprint density at radius 1 is 1.25 bits per heavy atom. The number of hydrogen-bond donors (Lipinski definition) is 1. The zero-order chi connectivity index (χ0) is 5.98. The minimum absolute atomic E-state index is 0.430. The Bertz CT molecular complexity index is 165. The van der Waals surface area contributed by atoms with Crippen molar-refractivity contribution in [2.75, 3.05) is 0 Å². The van der Waals surface area contributed by atoms with Crippen LogP contribution >= 0.6 is 0 Å². The number of rotatable bonds is 0. The molecule has 1 N–H and O–H groups in total. The molecule has 1 aromatic carbocycles. The van der Waals surface area contributed by atoms with Gasteiger partial charge in [0.15, 0.2) is 0 Å². The average Bonchev–Trinajstić information content (AvgIpc) is 1.77. The Balaban J connectivity index is 3.13. The van der Waals surface area contributed by atoms with E-state index in [4.69, 9.17) is 5.11 Å². The maximum atomic E-state index is 8.95. The van der Waals surface area contributed by atoms with Crippen LogP contribution in [0.3, 0.4) is 0 Å². The Morgan fingerprint density at radius 3 is 2.25 bits per heavy atom. The van der Waals surface area contributed by atoms with E-state index in [1.165, 1.54) is 0 Å². The molecule has 0 heterocycles. The third kappa shape index (κ3) is 1.25. The second kappa shape index (κ2) is 2.53. The number of phenols is 1. The van der Waals surface area contributed by atoms with Crippen molar-refractivity contribution in [3.63, 3.8) is 0 Å². The fourth-order valence-corrected chi connectivity index (χ4v) is 0.923. The maximum absolute atomic E-state index is 8.95. The SMILES string of the molecule is Oc1cccc[c]1[Na]. The van der Waals surface area contributed by atoms with Crippen molar-refractivity contribution in [1.29, 1.82) is 0 Å².